The van der Waals surface area contributed by atoms with Gasteiger partial charge in [0.2, 0.25) is 0 Å². The molecule has 0 bridgehead atoms. The third-order valence-electron chi connectivity index (χ3n) is 1.88. The van der Waals surface area contributed by atoms with Gasteiger partial charge in [-0.3, -0.25) is 0 Å². The molecule has 0 aromatic heterocycles. The maximum Gasteiger partial charge on any atom is 0.193 e. The van der Waals surface area contributed by atoms with Crippen LogP contribution in [0.4, 0.5) is 10.1 Å². The highest BCUT2D eigenvalue weighted by Gasteiger charge is 2.09. The van der Waals surface area contributed by atoms with Gasteiger partial charge in [-0.25, -0.2) is 9.38 Å². The molecule has 0 atom stereocenters. The zero-order valence-corrected chi connectivity index (χ0v) is 10.5. The van der Waals surface area contributed by atoms with E-state index in [1.54, 1.807) is 6.07 Å². The minimum atomic E-state index is -0.443. The van der Waals surface area contributed by atoms with E-state index in [4.69, 9.17) is 10.5 Å². The van der Waals surface area contributed by atoms with E-state index in [1.165, 1.54) is 19.2 Å². The lowest BCUT2D eigenvalue weighted by Crippen LogP contribution is -2.27. The fourth-order valence-electron chi connectivity index (χ4n) is 1.28. The summed E-state index contributed by atoms with van der Waals surface area (Å²) in [7, 11) is 1.42. The topological polar surface area (TPSA) is 59.6 Å². The number of anilines is 1. The molecule has 4 nitrogen and oxygen atoms in total. The fourth-order valence-corrected chi connectivity index (χ4v) is 1.28. The second-order valence-electron chi connectivity index (χ2n) is 4.64. The minimum Gasteiger partial charge on any atom is -0.494 e. The zero-order chi connectivity index (χ0) is 13.1. The van der Waals surface area contributed by atoms with Gasteiger partial charge in [0.1, 0.15) is 0 Å². The van der Waals surface area contributed by atoms with E-state index < -0.39 is 5.82 Å². The molecule has 0 radical (unpaired) electrons. The third kappa shape index (κ3) is 4.30. The van der Waals surface area contributed by atoms with Gasteiger partial charge in [0, 0.05) is 11.8 Å². The smallest absolute Gasteiger partial charge is 0.193 e. The first-order chi connectivity index (χ1) is 7.81. The molecule has 0 aliphatic carbocycles. The van der Waals surface area contributed by atoms with Gasteiger partial charge < -0.3 is 15.8 Å². The summed E-state index contributed by atoms with van der Waals surface area (Å²) >= 11 is 0. The molecule has 0 unspecified atom stereocenters. The highest BCUT2D eigenvalue weighted by atomic mass is 19.1. The number of nitrogens with zero attached hydrogens (tertiary/aromatic N) is 1. The molecule has 3 N–H and O–H groups in total. The van der Waals surface area contributed by atoms with Crippen molar-refractivity contribution in [3.05, 3.63) is 24.0 Å². The lowest BCUT2D eigenvalue weighted by atomic mass is 10.1. The van der Waals surface area contributed by atoms with Gasteiger partial charge >= 0.3 is 0 Å². The van der Waals surface area contributed by atoms with E-state index in [9.17, 15) is 4.39 Å². The van der Waals surface area contributed by atoms with Crippen molar-refractivity contribution in [2.24, 2.45) is 10.7 Å². The average molecular weight is 239 g/mol. The maximum absolute atomic E-state index is 13.4. The van der Waals surface area contributed by atoms with Gasteiger partial charge in [0.25, 0.3) is 0 Å². The SMILES string of the molecule is COc1ccc(NC(N)=NC(C)(C)C)cc1F. The molecule has 0 saturated heterocycles. The highest BCUT2D eigenvalue weighted by Crippen LogP contribution is 2.20. The molecule has 0 saturated carbocycles. The van der Waals surface area contributed by atoms with Gasteiger partial charge in [-0.15, -0.1) is 0 Å². The summed E-state index contributed by atoms with van der Waals surface area (Å²) in [5.41, 5.74) is 5.96. The first kappa shape index (κ1) is 13.3. The van der Waals surface area contributed by atoms with E-state index >= 15 is 0 Å². The summed E-state index contributed by atoms with van der Waals surface area (Å²) in [6.45, 7) is 5.78. The van der Waals surface area contributed by atoms with Crippen LogP contribution in [-0.4, -0.2) is 18.6 Å². The van der Waals surface area contributed by atoms with Crippen LogP contribution < -0.4 is 15.8 Å². The van der Waals surface area contributed by atoms with Crippen molar-refractivity contribution in [1.29, 1.82) is 0 Å². The number of aliphatic imine (C=N–C) groups is 1. The number of methoxy groups -OCH3 is 1. The van der Waals surface area contributed by atoms with Crippen molar-refractivity contribution in [2.75, 3.05) is 12.4 Å². The Hall–Kier alpha value is -1.78. The maximum atomic E-state index is 13.4. The molecule has 0 aliphatic heterocycles. The fraction of sp³-hybridized carbons (Fsp3) is 0.417. The molecule has 5 heteroatoms. The van der Waals surface area contributed by atoms with Gasteiger partial charge in [-0.1, -0.05) is 0 Å². The highest BCUT2D eigenvalue weighted by molar-refractivity contribution is 5.92. The molecule has 0 aliphatic rings. The van der Waals surface area contributed by atoms with E-state index in [2.05, 4.69) is 10.3 Å². The number of guanidine groups is 1. The Morgan fingerprint density at radius 2 is 2.06 bits per heavy atom. The van der Waals surface area contributed by atoms with Crippen LogP contribution in [0.1, 0.15) is 20.8 Å². The van der Waals surface area contributed by atoms with Gasteiger partial charge in [0.05, 0.1) is 12.6 Å². The van der Waals surface area contributed by atoms with E-state index in [0.29, 0.717) is 5.69 Å². The molecule has 17 heavy (non-hydrogen) atoms. The summed E-state index contributed by atoms with van der Waals surface area (Å²) in [4.78, 5) is 4.21. The Kier molecular flexibility index (Phi) is 3.93. The van der Waals surface area contributed by atoms with E-state index in [-0.39, 0.29) is 17.2 Å². The first-order valence-corrected chi connectivity index (χ1v) is 5.28. The molecule has 0 heterocycles. The Labute approximate surface area is 101 Å². The van der Waals surface area contributed by atoms with Crippen LogP contribution in [-0.2, 0) is 0 Å². The summed E-state index contributed by atoms with van der Waals surface area (Å²) in [5.74, 6) is 0.00464. The van der Waals surface area contributed by atoms with Gasteiger partial charge in [0.15, 0.2) is 17.5 Å². The van der Waals surface area contributed by atoms with Crippen LogP contribution in [0.15, 0.2) is 23.2 Å². The first-order valence-electron chi connectivity index (χ1n) is 5.28. The second-order valence-corrected chi connectivity index (χ2v) is 4.64. The number of rotatable bonds is 2. The molecular formula is C12H18FN3O. The number of nitrogens with two attached hydrogens (primary N) is 1. The molecule has 0 amide bonds. The van der Waals surface area contributed by atoms with Gasteiger partial charge in [-0.05, 0) is 32.9 Å². The molecular weight excluding hydrogens is 221 g/mol. The van der Waals surface area contributed by atoms with Crippen molar-refractivity contribution in [3.8, 4) is 5.75 Å². The number of hydrogen-bond acceptors (Lipinski definition) is 2. The molecule has 0 spiro atoms. The number of nitrogens with one attached hydrogen (secondary N) is 1. The Morgan fingerprint density at radius 3 is 2.53 bits per heavy atom. The van der Waals surface area contributed by atoms with Crippen LogP contribution in [0.25, 0.3) is 0 Å². The quantitative estimate of drug-likeness (QED) is 0.615. The number of hydrogen-bond donors (Lipinski definition) is 2. The van der Waals surface area contributed by atoms with Crippen LogP contribution in [0.3, 0.4) is 0 Å². The minimum absolute atomic E-state index is 0.196. The second kappa shape index (κ2) is 5.03. The van der Waals surface area contributed by atoms with Gasteiger partial charge in [-0.2, -0.15) is 0 Å². The molecule has 0 fully saturated rings. The lowest BCUT2D eigenvalue weighted by Gasteiger charge is -2.14. The summed E-state index contributed by atoms with van der Waals surface area (Å²) in [6.07, 6.45) is 0. The molecule has 1 rings (SSSR count). The van der Waals surface area contributed by atoms with Crippen molar-refractivity contribution in [1.82, 2.24) is 0 Å². The van der Waals surface area contributed by atoms with Crippen LogP contribution in [0.5, 0.6) is 5.75 Å². The molecule has 1 aromatic carbocycles. The summed E-state index contributed by atoms with van der Waals surface area (Å²) < 4.78 is 18.2. The monoisotopic (exact) mass is 239 g/mol. The average Bonchev–Trinajstić information content (AvgIpc) is 2.14. The largest absolute Gasteiger partial charge is 0.494 e. The Balaban J connectivity index is 2.83. The standard InChI is InChI=1S/C12H18FN3O/c1-12(2,3)16-11(14)15-8-5-6-10(17-4)9(13)7-8/h5-7H,1-4H3,(H3,14,15,16). The summed E-state index contributed by atoms with van der Waals surface area (Å²) in [5, 5.41) is 2.82. The van der Waals surface area contributed by atoms with Crippen LogP contribution in [0, 0.1) is 5.82 Å². The van der Waals surface area contributed by atoms with E-state index in [0.717, 1.165) is 0 Å². The van der Waals surface area contributed by atoms with Crippen molar-refractivity contribution in [2.45, 2.75) is 26.3 Å². The van der Waals surface area contributed by atoms with Crippen molar-refractivity contribution < 1.29 is 9.13 Å². The number of ether oxygens (including phenoxy) is 1. The normalized spacial score (nSPS) is 12.4. The van der Waals surface area contributed by atoms with Crippen LogP contribution >= 0.6 is 0 Å². The van der Waals surface area contributed by atoms with E-state index in [1.807, 2.05) is 20.8 Å². The zero-order valence-electron chi connectivity index (χ0n) is 10.5. The summed E-state index contributed by atoms with van der Waals surface area (Å²) in [6, 6.07) is 4.51. The third-order valence-corrected chi connectivity index (χ3v) is 1.88. The molecule has 94 valence electrons. The molecule has 1 aromatic rings. The Bertz CT molecular complexity index is 424. The predicted molar refractivity (Wildman–Crippen MR) is 68.0 cm³/mol. The number of halogens is 1. The van der Waals surface area contributed by atoms with Crippen LogP contribution in [0.2, 0.25) is 0 Å². The number of benzene rings is 1. The van der Waals surface area contributed by atoms with Crippen molar-refractivity contribution >= 4 is 11.6 Å². The van der Waals surface area contributed by atoms with Crippen molar-refractivity contribution in [3.63, 3.8) is 0 Å². The Morgan fingerprint density at radius 1 is 1.41 bits per heavy atom. The lowest BCUT2D eigenvalue weighted by molar-refractivity contribution is 0.386. The predicted octanol–water partition coefficient (Wildman–Crippen LogP) is 2.36.